The number of nitrogens with zero attached hydrogens (tertiary/aromatic N) is 3. The molecule has 28 heavy (non-hydrogen) atoms. The zero-order chi connectivity index (χ0) is 19.1. The summed E-state index contributed by atoms with van der Waals surface area (Å²) < 4.78 is 8.06. The predicted octanol–water partition coefficient (Wildman–Crippen LogP) is 2.01. The van der Waals surface area contributed by atoms with Gasteiger partial charge >= 0.3 is 0 Å². The molecule has 144 valence electrons. The number of benzene rings is 1. The number of ether oxygens (including phenoxy) is 1. The molecule has 2 aromatic heterocycles. The summed E-state index contributed by atoms with van der Waals surface area (Å²) in [4.78, 5) is 29.6. The largest absolute Gasteiger partial charge is 0.377 e. The number of carbonyl (C=O) groups excluding carboxylic acids is 1. The Kier molecular flexibility index (Phi) is 4.65. The van der Waals surface area contributed by atoms with Crippen molar-refractivity contribution in [2.75, 3.05) is 19.0 Å². The van der Waals surface area contributed by atoms with Crippen LogP contribution in [0.5, 0.6) is 0 Å². The third-order valence-corrected chi connectivity index (χ3v) is 6.94. The molecule has 0 saturated carbocycles. The van der Waals surface area contributed by atoms with Gasteiger partial charge in [-0.3, -0.25) is 9.59 Å². The maximum Gasteiger partial charge on any atom is 0.267 e. The molecule has 0 aliphatic carbocycles. The van der Waals surface area contributed by atoms with E-state index in [0.29, 0.717) is 18.8 Å². The minimum atomic E-state index is -0.302. The van der Waals surface area contributed by atoms with Crippen molar-refractivity contribution in [3.63, 3.8) is 0 Å². The van der Waals surface area contributed by atoms with Crippen LogP contribution in [-0.4, -0.2) is 45.7 Å². The first-order valence-electron chi connectivity index (χ1n) is 9.10. The summed E-state index contributed by atoms with van der Waals surface area (Å²) in [7, 11) is 0. The molecule has 2 aliphatic rings. The second-order valence-electron chi connectivity index (χ2n) is 6.92. The fourth-order valence-corrected chi connectivity index (χ4v) is 5.30. The first-order chi connectivity index (χ1) is 13.7. The summed E-state index contributed by atoms with van der Waals surface area (Å²) >= 11 is 3.32. The summed E-state index contributed by atoms with van der Waals surface area (Å²) in [5.41, 5.74) is 5.08. The van der Waals surface area contributed by atoms with E-state index >= 15 is 0 Å². The number of aromatic nitrogens is 3. The molecule has 2 aliphatic heterocycles. The van der Waals surface area contributed by atoms with Crippen LogP contribution < -0.4 is 10.9 Å². The highest BCUT2D eigenvalue weighted by Crippen LogP contribution is 2.24. The Morgan fingerprint density at radius 1 is 1.29 bits per heavy atom. The molecule has 1 aromatic carbocycles. The molecule has 4 heterocycles. The lowest BCUT2D eigenvalue weighted by Crippen LogP contribution is -2.44. The van der Waals surface area contributed by atoms with Crippen molar-refractivity contribution in [1.82, 2.24) is 20.1 Å². The van der Waals surface area contributed by atoms with Gasteiger partial charge in [-0.25, -0.2) is 9.67 Å². The number of thioether (sulfide) groups is 1. The normalized spacial score (nSPS) is 21.6. The highest BCUT2D eigenvalue weighted by Gasteiger charge is 2.33. The zero-order valence-electron chi connectivity index (χ0n) is 15.0. The van der Waals surface area contributed by atoms with Crippen LogP contribution in [0.4, 0.5) is 0 Å². The predicted molar refractivity (Wildman–Crippen MR) is 109 cm³/mol. The van der Waals surface area contributed by atoms with Crippen molar-refractivity contribution in [3.8, 4) is 0 Å². The molecular weight excluding hydrogens is 396 g/mol. The summed E-state index contributed by atoms with van der Waals surface area (Å²) in [6, 6.07) is 6.53. The van der Waals surface area contributed by atoms with Gasteiger partial charge in [-0.05, 0) is 29.5 Å². The van der Waals surface area contributed by atoms with Gasteiger partial charge in [-0.2, -0.15) is 16.9 Å². The number of rotatable bonds is 3. The van der Waals surface area contributed by atoms with Crippen LogP contribution >= 0.6 is 23.1 Å². The van der Waals surface area contributed by atoms with E-state index in [1.807, 2.05) is 23.9 Å². The zero-order valence-corrected chi connectivity index (χ0v) is 16.6. The quantitative estimate of drug-likeness (QED) is 0.706. The van der Waals surface area contributed by atoms with Crippen LogP contribution in [0.25, 0.3) is 10.2 Å². The average Bonchev–Trinajstić information content (AvgIpc) is 3.36. The molecule has 1 N–H and O–H groups in total. The first-order valence-corrected chi connectivity index (χ1v) is 11.1. The van der Waals surface area contributed by atoms with Crippen molar-refractivity contribution < 1.29 is 9.53 Å². The van der Waals surface area contributed by atoms with E-state index < -0.39 is 0 Å². The topological polar surface area (TPSA) is 86.1 Å². The molecule has 1 fully saturated rings. The second kappa shape index (κ2) is 7.31. The van der Waals surface area contributed by atoms with Crippen LogP contribution in [-0.2, 0) is 16.9 Å². The van der Waals surface area contributed by atoms with Gasteiger partial charge in [0.05, 0.1) is 40.7 Å². The Morgan fingerprint density at radius 2 is 2.21 bits per heavy atom. The minimum Gasteiger partial charge on any atom is -0.377 e. The van der Waals surface area contributed by atoms with E-state index in [0.717, 1.165) is 39.4 Å². The van der Waals surface area contributed by atoms with E-state index in [2.05, 4.69) is 15.4 Å². The molecule has 2 unspecified atom stereocenters. The Labute approximate surface area is 169 Å². The Bertz CT molecular complexity index is 1110. The molecule has 1 amide bonds. The van der Waals surface area contributed by atoms with Crippen molar-refractivity contribution in [3.05, 3.63) is 57.0 Å². The molecule has 3 aromatic rings. The van der Waals surface area contributed by atoms with Gasteiger partial charge in [-0.1, -0.05) is 0 Å². The van der Waals surface area contributed by atoms with Crippen LogP contribution in [0.2, 0.25) is 0 Å². The maximum absolute atomic E-state index is 12.8. The molecule has 0 bridgehead atoms. The van der Waals surface area contributed by atoms with Crippen LogP contribution in [0.3, 0.4) is 0 Å². The van der Waals surface area contributed by atoms with Crippen LogP contribution in [0, 0.1) is 0 Å². The standard InChI is InChI=1S/C19H18N4O3S2/c24-18-6-12-9-27-4-3-13(12)22-23(18)16-8-26-7-15(16)21-19(25)11-1-2-14-17(5-11)28-10-20-14/h1-2,5-6,10,15-16H,3-4,7-9H2,(H,21,25). The van der Waals surface area contributed by atoms with Gasteiger partial charge in [0.1, 0.15) is 6.04 Å². The van der Waals surface area contributed by atoms with E-state index in [4.69, 9.17) is 4.74 Å². The number of carbonyl (C=O) groups is 1. The average molecular weight is 415 g/mol. The molecule has 0 spiro atoms. The van der Waals surface area contributed by atoms with Gasteiger partial charge in [0.25, 0.3) is 11.5 Å². The maximum atomic E-state index is 12.8. The highest BCUT2D eigenvalue weighted by molar-refractivity contribution is 7.98. The van der Waals surface area contributed by atoms with Crippen molar-refractivity contribution in [2.24, 2.45) is 0 Å². The number of hydrogen-bond acceptors (Lipinski definition) is 7. The Morgan fingerprint density at radius 3 is 3.14 bits per heavy atom. The summed E-state index contributed by atoms with van der Waals surface area (Å²) in [5.74, 6) is 1.66. The molecule has 1 saturated heterocycles. The van der Waals surface area contributed by atoms with E-state index in [-0.39, 0.29) is 23.6 Å². The summed E-state index contributed by atoms with van der Waals surface area (Å²) in [6.45, 7) is 0.722. The first kappa shape index (κ1) is 17.8. The fraction of sp³-hybridized carbons (Fsp3) is 0.368. The van der Waals surface area contributed by atoms with Gasteiger partial charge in [-0.15, -0.1) is 11.3 Å². The Hall–Kier alpha value is -2.23. The van der Waals surface area contributed by atoms with Gasteiger partial charge in [0.15, 0.2) is 0 Å². The van der Waals surface area contributed by atoms with Gasteiger partial charge in [0, 0.05) is 23.8 Å². The van der Waals surface area contributed by atoms with Crippen molar-refractivity contribution in [2.45, 2.75) is 24.3 Å². The second-order valence-corrected chi connectivity index (χ2v) is 8.91. The van der Waals surface area contributed by atoms with E-state index in [9.17, 15) is 9.59 Å². The van der Waals surface area contributed by atoms with Crippen LogP contribution in [0.1, 0.15) is 27.7 Å². The van der Waals surface area contributed by atoms with Crippen LogP contribution in [0.15, 0.2) is 34.6 Å². The SMILES string of the molecule is O=C(NC1COCC1n1nc2c(cc1=O)CSCC2)c1ccc2ncsc2c1. The molecule has 2 atom stereocenters. The van der Waals surface area contributed by atoms with Crippen molar-refractivity contribution >= 4 is 39.2 Å². The monoisotopic (exact) mass is 414 g/mol. The minimum absolute atomic E-state index is 0.137. The van der Waals surface area contributed by atoms with Gasteiger partial charge < -0.3 is 10.1 Å². The number of hydrogen-bond donors (Lipinski definition) is 1. The highest BCUT2D eigenvalue weighted by atomic mass is 32.2. The third-order valence-electron chi connectivity index (χ3n) is 5.14. The molecule has 7 nitrogen and oxygen atoms in total. The third kappa shape index (κ3) is 3.23. The number of aryl methyl sites for hydroxylation is 1. The summed E-state index contributed by atoms with van der Waals surface area (Å²) in [6.07, 6.45) is 0.861. The van der Waals surface area contributed by atoms with Crippen molar-refractivity contribution in [1.29, 1.82) is 0 Å². The fourth-order valence-electron chi connectivity index (χ4n) is 3.64. The molecular formula is C19H18N4O3S2. The Balaban J connectivity index is 1.39. The lowest BCUT2D eigenvalue weighted by Gasteiger charge is -2.22. The lowest BCUT2D eigenvalue weighted by molar-refractivity contribution is 0.0925. The molecule has 5 rings (SSSR count). The smallest absolute Gasteiger partial charge is 0.267 e. The number of fused-ring (bicyclic) bond motifs is 2. The molecule has 0 radical (unpaired) electrons. The number of amides is 1. The van der Waals surface area contributed by atoms with Gasteiger partial charge in [0.2, 0.25) is 0 Å². The van der Waals surface area contributed by atoms with E-state index in [1.54, 1.807) is 17.6 Å². The summed E-state index contributed by atoms with van der Waals surface area (Å²) in [5, 5.41) is 7.64. The van der Waals surface area contributed by atoms with E-state index in [1.165, 1.54) is 16.0 Å². The lowest BCUT2D eigenvalue weighted by atomic mass is 10.1. The molecule has 9 heteroatoms. The number of nitrogens with one attached hydrogen (secondary N) is 1. The number of thiazole rings is 1.